The van der Waals surface area contributed by atoms with E-state index in [1.54, 1.807) is 4.90 Å². The van der Waals surface area contributed by atoms with Crippen molar-refractivity contribution in [3.63, 3.8) is 0 Å². The van der Waals surface area contributed by atoms with Gasteiger partial charge in [-0.1, -0.05) is 39.3 Å². The Morgan fingerprint density at radius 3 is 2.21 bits per heavy atom. The summed E-state index contributed by atoms with van der Waals surface area (Å²) in [5, 5.41) is 2.54. The van der Waals surface area contributed by atoms with E-state index in [0.717, 1.165) is 12.1 Å². The number of carbonyl (C=O) groups is 2. The molecule has 9 nitrogen and oxygen atoms in total. The normalized spacial score (nSPS) is 19.2. The van der Waals surface area contributed by atoms with Crippen molar-refractivity contribution in [1.29, 1.82) is 0 Å². The highest BCUT2D eigenvalue weighted by Crippen LogP contribution is 2.33. The number of guanidine groups is 1. The van der Waals surface area contributed by atoms with Crippen molar-refractivity contribution in [3.8, 4) is 0 Å². The maximum Gasteiger partial charge on any atom is 0.277 e. The number of aromatic nitrogens is 1. The van der Waals surface area contributed by atoms with Gasteiger partial charge in [0.2, 0.25) is 5.96 Å². The molecule has 0 bridgehead atoms. The van der Waals surface area contributed by atoms with Gasteiger partial charge in [0.15, 0.2) is 0 Å². The third kappa shape index (κ3) is 6.90. The number of fused-ring (bicyclic) bond motifs is 1. The Morgan fingerprint density at radius 1 is 1.03 bits per heavy atom. The summed E-state index contributed by atoms with van der Waals surface area (Å²) in [6.45, 7) is 16.0. The van der Waals surface area contributed by atoms with Gasteiger partial charge in [-0.15, -0.1) is 0 Å². The number of nitrogens with zero attached hydrogens (tertiary/aromatic N) is 3. The van der Waals surface area contributed by atoms with Crippen LogP contribution in [0.4, 0.5) is 0 Å². The summed E-state index contributed by atoms with van der Waals surface area (Å²) in [7, 11) is -2.44. The zero-order valence-electron chi connectivity index (χ0n) is 21.4. The molecule has 3 N–H and O–H groups in total. The fourth-order valence-corrected chi connectivity index (χ4v) is 5.25. The van der Waals surface area contributed by atoms with Crippen LogP contribution in [0.15, 0.2) is 23.0 Å². The van der Waals surface area contributed by atoms with E-state index < -0.39 is 16.1 Å². The summed E-state index contributed by atoms with van der Waals surface area (Å²) in [6.07, 6.45) is 2.32. The van der Waals surface area contributed by atoms with Crippen LogP contribution in [0.2, 0.25) is 51.4 Å². The Morgan fingerprint density at radius 2 is 1.65 bits per heavy atom. The van der Waals surface area contributed by atoms with Gasteiger partial charge in [0.1, 0.15) is 24.9 Å². The molecule has 0 aliphatic carbocycles. The maximum atomic E-state index is 13.6. The summed E-state index contributed by atoms with van der Waals surface area (Å²) in [5.74, 6) is -0.400. The van der Waals surface area contributed by atoms with E-state index in [9.17, 15) is 9.59 Å². The van der Waals surface area contributed by atoms with Crippen molar-refractivity contribution in [2.75, 3.05) is 26.5 Å². The van der Waals surface area contributed by atoms with Crippen LogP contribution < -0.4 is 11.1 Å². The number of ether oxygens (including phenoxy) is 2. The molecule has 0 unspecified atom stereocenters. The molecule has 34 heavy (non-hydrogen) atoms. The van der Waals surface area contributed by atoms with Crippen LogP contribution in [0.25, 0.3) is 5.57 Å². The number of hydrogen-bond donors (Lipinski definition) is 2. The minimum absolute atomic E-state index is 0.0743. The Hall–Kier alpha value is -2.22. The molecule has 2 aliphatic heterocycles. The van der Waals surface area contributed by atoms with E-state index in [4.69, 9.17) is 15.2 Å². The predicted octanol–water partition coefficient (Wildman–Crippen LogP) is 3.11. The van der Waals surface area contributed by atoms with Crippen LogP contribution >= 0.6 is 0 Å². The molecule has 2 aliphatic rings. The molecule has 0 fully saturated rings. The highest BCUT2D eigenvalue weighted by Gasteiger charge is 2.33. The molecule has 0 radical (unpaired) electrons. The first-order valence-electron chi connectivity index (χ1n) is 11.9. The van der Waals surface area contributed by atoms with Crippen molar-refractivity contribution in [2.45, 2.75) is 64.5 Å². The molecule has 1 aromatic rings. The second-order valence-corrected chi connectivity index (χ2v) is 22.6. The Labute approximate surface area is 204 Å². The fourth-order valence-electron chi connectivity index (χ4n) is 3.74. The van der Waals surface area contributed by atoms with Crippen molar-refractivity contribution in [3.05, 3.63) is 29.2 Å². The lowest BCUT2D eigenvalue weighted by molar-refractivity contribution is -0.115. The second kappa shape index (κ2) is 10.6. The Kier molecular flexibility index (Phi) is 8.22. The average Bonchev–Trinajstić information content (AvgIpc) is 3.24. The SMILES string of the molecule is C[Si](C)(C)CCOCN1CC/C(=C2/N=C(N)NC2=O)c2ccn(COCC[Si](C)(C)C)c2C1=O. The Bertz CT molecular complexity index is 988. The van der Waals surface area contributed by atoms with E-state index in [2.05, 4.69) is 49.6 Å². The third-order valence-electron chi connectivity index (χ3n) is 5.86. The lowest BCUT2D eigenvalue weighted by atomic mass is 10.0. The molecular formula is C23H39N5O4Si2. The largest absolute Gasteiger partial charge is 0.369 e. The molecule has 1 aromatic heterocycles. The molecule has 0 saturated heterocycles. The lowest BCUT2D eigenvalue weighted by Gasteiger charge is -2.23. The van der Waals surface area contributed by atoms with Gasteiger partial charge in [0.05, 0.1) is 0 Å². The fraction of sp³-hybridized carbons (Fsp3) is 0.609. The first kappa shape index (κ1) is 26.4. The zero-order valence-corrected chi connectivity index (χ0v) is 23.4. The van der Waals surface area contributed by atoms with Crippen LogP contribution in [-0.4, -0.2) is 69.9 Å². The average molecular weight is 506 g/mol. The van der Waals surface area contributed by atoms with Crippen LogP contribution in [0.3, 0.4) is 0 Å². The van der Waals surface area contributed by atoms with Gasteiger partial charge in [0.25, 0.3) is 11.8 Å². The smallest absolute Gasteiger partial charge is 0.277 e. The van der Waals surface area contributed by atoms with Crippen LogP contribution in [0.5, 0.6) is 0 Å². The number of nitrogens with two attached hydrogens (primary N) is 1. The Balaban J connectivity index is 1.85. The molecular weight excluding hydrogens is 466 g/mol. The molecule has 0 atom stereocenters. The van der Waals surface area contributed by atoms with Gasteiger partial charge in [-0.25, -0.2) is 4.99 Å². The topological polar surface area (TPSA) is 111 Å². The first-order valence-corrected chi connectivity index (χ1v) is 19.3. The van der Waals surface area contributed by atoms with E-state index in [0.29, 0.717) is 43.0 Å². The molecule has 3 heterocycles. The molecule has 0 spiro atoms. The van der Waals surface area contributed by atoms with Gasteiger partial charge >= 0.3 is 0 Å². The third-order valence-corrected chi connectivity index (χ3v) is 9.26. The van der Waals surface area contributed by atoms with E-state index in [1.165, 1.54) is 0 Å². The minimum atomic E-state index is -1.23. The molecule has 0 aromatic carbocycles. The second-order valence-electron chi connectivity index (χ2n) is 11.3. The molecule has 3 rings (SSSR count). The monoisotopic (exact) mass is 505 g/mol. The van der Waals surface area contributed by atoms with Crippen molar-refractivity contribution in [2.24, 2.45) is 10.7 Å². The molecule has 188 valence electrons. The zero-order chi connectivity index (χ0) is 25.1. The van der Waals surface area contributed by atoms with Gasteiger partial charge in [-0.3, -0.25) is 14.9 Å². The summed E-state index contributed by atoms with van der Waals surface area (Å²) >= 11 is 0. The van der Waals surface area contributed by atoms with Gasteiger partial charge in [-0.2, -0.15) is 0 Å². The number of carbonyl (C=O) groups excluding carboxylic acids is 2. The van der Waals surface area contributed by atoms with Gasteiger partial charge < -0.3 is 24.7 Å². The standard InChI is InChI=1S/C23H39N5O4Si2/c1-33(2,3)13-11-31-15-27-9-8-18-17(19-21(29)26-23(24)25-19)7-10-28(22(30)20(18)27)16-32-12-14-34(4,5)6/h8-9H,7,10-16H2,1-6H3,(H3,24,25,26,29)/b19-17-. The minimum Gasteiger partial charge on any atom is -0.369 e. The lowest BCUT2D eigenvalue weighted by Crippen LogP contribution is -2.35. The number of nitrogens with one attached hydrogen (secondary N) is 1. The van der Waals surface area contributed by atoms with Crippen molar-refractivity contribution in [1.82, 2.24) is 14.8 Å². The summed E-state index contributed by atoms with van der Waals surface area (Å²) in [5.41, 5.74) is 7.92. The number of aliphatic imine (C=N–C) groups is 1. The van der Waals surface area contributed by atoms with Crippen LogP contribution in [0, 0.1) is 0 Å². The van der Waals surface area contributed by atoms with E-state index in [-0.39, 0.29) is 36.9 Å². The maximum absolute atomic E-state index is 13.6. The van der Waals surface area contributed by atoms with Crippen molar-refractivity contribution < 1.29 is 19.1 Å². The van der Waals surface area contributed by atoms with Gasteiger partial charge in [0, 0.05) is 47.7 Å². The highest BCUT2D eigenvalue weighted by molar-refractivity contribution is 6.76. The van der Waals surface area contributed by atoms with Crippen LogP contribution in [-0.2, 0) is 21.0 Å². The quantitative estimate of drug-likeness (QED) is 0.288. The van der Waals surface area contributed by atoms with E-state index >= 15 is 0 Å². The van der Waals surface area contributed by atoms with Gasteiger partial charge in [-0.05, 0) is 30.1 Å². The predicted molar refractivity (Wildman–Crippen MR) is 140 cm³/mol. The van der Waals surface area contributed by atoms with Crippen LogP contribution in [0.1, 0.15) is 22.5 Å². The molecule has 0 saturated carbocycles. The molecule has 2 amide bonds. The summed E-state index contributed by atoms with van der Waals surface area (Å²) < 4.78 is 13.7. The molecule has 11 heteroatoms. The number of amides is 2. The number of hydrogen-bond acceptors (Lipinski definition) is 6. The highest BCUT2D eigenvalue weighted by atomic mass is 28.3. The summed E-state index contributed by atoms with van der Waals surface area (Å²) in [6, 6.07) is 3.94. The van der Waals surface area contributed by atoms with Crippen molar-refractivity contribution >= 4 is 39.5 Å². The summed E-state index contributed by atoms with van der Waals surface area (Å²) in [4.78, 5) is 32.0. The first-order chi connectivity index (χ1) is 15.9. The number of rotatable bonds is 10. The van der Waals surface area contributed by atoms with E-state index in [1.807, 2.05) is 16.8 Å².